The molecule has 0 atom stereocenters. The Bertz CT molecular complexity index is 672. The molecule has 6 heteroatoms. The van der Waals surface area contributed by atoms with Gasteiger partial charge < -0.3 is 15.6 Å². The van der Waals surface area contributed by atoms with Gasteiger partial charge in [-0.3, -0.25) is 4.99 Å². The van der Waals surface area contributed by atoms with Gasteiger partial charge in [-0.1, -0.05) is 5.92 Å². The van der Waals surface area contributed by atoms with Crippen LogP contribution in [0.2, 0.25) is 0 Å². The van der Waals surface area contributed by atoms with Crippen LogP contribution in [0.4, 0.5) is 4.39 Å². The van der Waals surface area contributed by atoms with E-state index in [0.717, 1.165) is 29.4 Å². The Labute approximate surface area is 147 Å². The molecule has 0 spiro atoms. The molecule has 0 fully saturated rings. The van der Waals surface area contributed by atoms with Gasteiger partial charge in [0.25, 0.3) is 0 Å². The smallest absolute Gasteiger partial charge is 0.192 e. The van der Waals surface area contributed by atoms with Crippen molar-refractivity contribution in [2.24, 2.45) is 4.99 Å². The van der Waals surface area contributed by atoms with Crippen molar-refractivity contribution in [3.05, 3.63) is 35.8 Å². The topological polar surface area (TPSA) is 52.2 Å². The largest absolute Gasteiger partial charge is 0.361 e. The molecule has 0 unspecified atom stereocenters. The Morgan fingerprint density at radius 1 is 1.41 bits per heavy atom. The first-order valence-corrected chi connectivity index (χ1v) is 6.95. The van der Waals surface area contributed by atoms with Crippen LogP contribution in [0.3, 0.4) is 0 Å². The predicted octanol–water partition coefficient (Wildman–Crippen LogP) is 2.66. The maximum absolute atomic E-state index is 13.1. The highest BCUT2D eigenvalue weighted by molar-refractivity contribution is 14.0. The zero-order chi connectivity index (χ0) is 15.1. The van der Waals surface area contributed by atoms with Crippen LogP contribution in [-0.4, -0.2) is 30.6 Å². The van der Waals surface area contributed by atoms with E-state index in [1.54, 1.807) is 6.07 Å². The number of guanidine groups is 1. The van der Waals surface area contributed by atoms with Gasteiger partial charge in [0.05, 0.1) is 6.54 Å². The number of halogens is 2. The highest BCUT2D eigenvalue weighted by Crippen LogP contribution is 2.19. The first-order valence-electron chi connectivity index (χ1n) is 6.95. The first kappa shape index (κ1) is 18.3. The molecular formula is C16H20FIN4. The zero-order valence-corrected chi connectivity index (χ0v) is 14.8. The van der Waals surface area contributed by atoms with E-state index >= 15 is 0 Å². The fourth-order valence-corrected chi connectivity index (χ4v) is 2.13. The van der Waals surface area contributed by atoms with Crippen molar-refractivity contribution in [1.82, 2.24) is 15.6 Å². The van der Waals surface area contributed by atoms with Crippen LogP contribution in [0.15, 0.2) is 29.4 Å². The third-order valence-electron chi connectivity index (χ3n) is 3.08. The minimum Gasteiger partial charge on any atom is -0.361 e. The van der Waals surface area contributed by atoms with E-state index in [0.29, 0.717) is 19.0 Å². The molecule has 0 radical (unpaired) electrons. The molecule has 0 saturated carbocycles. The second kappa shape index (κ2) is 9.30. The molecule has 2 aromatic rings. The molecule has 1 aromatic heterocycles. The van der Waals surface area contributed by atoms with E-state index < -0.39 is 0 Å². The van der Waals surface area contributed by atoms with Crippen LogP contribution >= 0.6 is 24.0 Å². The Balaban J connectivity index is 0.00000242. The lowest BCUT2D eigenvalue weighted by Gasteiger charge is -2.08. The molecule has 3 N–H and O–H groups in total. The van der Waals surface area contributed by atoms with Crippen molar-refractivity contribution >= 4 is 40.8 Å². The minimum atomic E-state index is -0.234. The van der Waals surface area contributed by atoms with E-state index in [4.69, 9.17) is 6.42 Å². The van der Waals surface area contributed by atoms with Gasteiger partial charge in [0, 0.05) is 30.2 Å². The number of hydrogen-bond donors (Lipinski definition) is 3. The Morgan fingerprint density at radius 3 is 2.95 bits per heavy atom. The number of fused-ring (bicyclic) bond motifs is 1. The highest BCUT2D eigenvalue weighted by atomic mass is 127. The van der Waals surface area contributed by atoms with Crippen molar-refractivity contribution < 1.29 is 4.39 Å². The van der Waals surface area contributed by atoms with Gasteiger partial charge in [-0.15, -0.1) is 30.4 Å². The molecule has 0 amide bonds. The number of aromatic amines is 1. The fourth-order valence-electron chi connectivity index (χ4n) is 2.13. The van der Waals surface area contributed by atoms with Crippen LogP contribution in [-0.2, 0) is 6.42 Å². The van der Waals surface area contributed by atoms with Crippen LogP contribution in [0.5, 0.6) is 0 Å². The lowest BCUT2D eigenvalue weighted by atomic mass is 10.1. The van der Waals surface area contributed by atoms with E-state index in [1.165, 1.54) is 12.1 Å². The number of H-pyrrole nitrogens is 1. The number of rotatable bonds is 5. The molecule has 0 bridgehead atoms. The molecule has 0 aliphatic rings. The number of hydrogen-bond acceptors (Lipinski definition) is 1. The second-order valence-electron chi connectivity index (χ2n) is 4.57. The maximum atomic E-state index is 13.1. The average molecular weight is 414 g/mol. The SMILES string of the molecule is C#CCNC(=NCCc1c[nH]c2cc(F)ccc12)NCC.I. The van der Waals surface area contributed by atoms with Crippen LogP contribution in [0.1, 0.15) is 12.5 Å². The van der Waals surface area contributed by atoms with Gasteiger partial charge in [0.15, 0.2) is 5.96 Å². The van der Waals surface area contributed by atoms with Gasteiger partial charge in [0.1, 0.15) is 5.82 Å². The summed E-state index contributed by atoms with van der Waals surface area (Å²) in [5, 5.41) is 7.20. The Morgan fingerprint density at radius 2 is 2.23 bits per heavy atom. The summed E-state index contributed by atoms with van der Waals surface area (Å²) < 4.78 is 13.1. The second-order valence-corrected chi connectivity index (χ2v) is 4.57. The number of benzene rings is 1. The molecule has 1 heterocycles. The third kappa shape index (κ3) is 4.91. The maximum Gasteiger partial charge on any atom is 0.192 e. The summed E-state index contributed by atoms with van der Waals surface area (Å²) in [6.07, 6.45) is 7.90. The fraction of sp³-hybridized carbons (Fsp3) is 0.312. The highest BCUT2D eigenvalue weighted by Gasteiger charge is 2.04. The molecule has 118 valence electrons. The first-order chi connectivity index (χ1) is 10.2. The van der Waals surface area contributed by atoms with Crippen molar-refractivity contribution in [3.8, 4) is 12.3 Å². The van der Waals surface area contributed by atoms with E-state index in [9.17, 15) is 4.39 Å². The van der Waals surface area contributed by atoms with Crippen molar-refractivity contribution in [2.75, 3.05) is 19.6 Å². The molecule has 0 aliphatic heterocycles. The molecule has 1 aromatic carbocycles. The summed E-state index contributed by atoms with van der Waals surface area (Å²) in [5.41, 5.74) is 1.94. The quantitative estimate of drug-likeness (QED) is 0.305. The Kier molecular flexibility index (Phi) is 7.74. The molecule has 0 aliphatic carbocycles. The van der Waals surface area contributed by atoms with Crippen molar-refractivity contribution in [1.29, 1.82) is 0 Å². The summed E-state index contributed by atoms with van der Waals surface area (Å²) in [6.45, 7) is 3.85. The summed E-state index contributed by atoms with van der Waals surface area (Å²) in [6, 6.07) is 4.77. The van der Waals surface area contributed by atoms with Gasteiger partial charge >= 0.3 is 0 Å². The minimum absolute atomic E-state index is 0. The lowest BCUT2D eigenvalue weighted by Crippen LogP contribution is -2.37. The lowest BCUT2D eigenvalue weighted by molar-refractivity contribution is 0.629. The summed E-state index contributed by atoms with van der Waals surface area (Å²) in [5.74, 6) is 2.99. The van der Waals surface area contributed by atoms with Gasteiger partial charge in [-0.2, -0.15) is 0 Å². The summed E-state index contributed by atoms with van der Waals surface area (Å²) in [4.78, 5) is 7.54. The van der Waals surface area contributed by atoms with Crippen molar-refractivity contribution in [2.45, 2.75) is 13.3 Å². The van der Waals surface area contributed by atoms with E-state index in [2.05, 4.69) is 26.5 Å². The van der Waals surface area contributed by atoms with E-state index in [1.807, 2.05) is 13.1 Å². The standard InChI is InChI=1S/C16H19FN4.HI/c1-3-8-19-16(18-4-2)20-9-7-12-11-21-15-10-13(17)5-6-14(12)15;/h1,5-6,10-11,21H,4,7-9H2,2H3,(H2,18,19,20);1H. The number of nitrogens with one attached hydrogen (secondary N) is 3. The number of terminal acetylenes is 1. The molecule has 2 rings (SSSR count). The van der Waals surface area contributed by atoms with Crippen molar-refractivity contribution in [3.63, 3.8) is 0 Å². The predicted molar refractivity (Wildman–Crippen MR) is 100 cm³/mol. The van der Waals surface area contributed by atoms with E-state index in [-0.39, 0.29) is 29.8 Å². The molecular weight excluding hydrogens is 394 g/mol. The van der Waals surface area contributed by atoms with Crippen LogP contribution < -0.4 is 10.6 Å². The number of aliphatic imine (C=N–C) groups is 1. The van der Waals surface area contributed by atoms with Gasteiger partial charge in [-0.25, -0.2) is 4.39 Å². The Hall–Kier alpha value is -1.75. The monoisotopic (exact) mass is 414 g/mol. The molecule has 0 saturated heterocycles. The molecule has 22 heavy (non-hydrogen) atoms. The molecule has 4 nitrogen and oxygen atoms in total. The zero-order valence-electron chi connectivity index (χ0n) is 12.4. The third-order valence-corrected chi connectivity index (χ3v) is 3.08. The average Bonchev–Trinajstić information content (AvgIpc) is 2.87. The van der Waals surface area contributed by atoms with Gasteiger partial charge in [-0.05, 0) is 37.1 Å². The normalized spacial score (nSPS) is 10.9. The van der Waals surface area contributed by atoms with Crippen LogP contribution in [0.25, 0.3) is 10.9 Å². The van der Waals surface area contributed by atoms with Gasteiger partial charge in [0.2, 0.25) is 0 Å². The summed E-state index contributed by atoms with van der Waals surface area (Å²) in [7, 11) is 0. The number of aromatic nitrogens is 1. The summed E-state index contributed by atoms with van der Waals surface area (Å²) >= 11 is 0. The van der Waals surface area contributed by atoms with Crippen LogP contribution in [0, 0.1) is 18.2 Å². The number of nitrogens with zero attached hydrogens (tertiary/aromatic N) is 1.